The third kappa shape index (κ3) is 5.83. The molecule has 4 rings (SSSR count). The summed E-state index contributed by atoms with van der Waals surface area (Å²) in [6.07, 6.45) is 4.78. The van der Waals surface area contributed by atoms with Crippen LogP contribution in [0.1, 0.15) is 43.9 Å². The smallest absolute Gasteiger partial charge is 0.338 e. The summed E-state index contributed by atoms with van der Waals surface area (Å²) in [6, 6.07) is 12.0. The fraction of sp³-hybridized carbons (Fsp3) is 0.300. The van der Waals surface area contributed by atoms with E-state index in [1.54, 1.807) is 56.1 Å². The van der Waals surface area contributed by atoms with Crippen LogP contribution in [0.25, 0.3) is 6.08 Å². The number of allylic oxidation sites excluding steroid dienone is 1. The van der Waals surface area contributed by atoms with Gasteiger partial charge in [-0.05, 0) is 55.3 Å². The van der Waals surface area contributed by atoms with Gasteiger partial charge in [0.15, 0.2) is 4.80 Å². The number of esters is 1. The number of methoxy groups -OCH3 is 2. The predicted molar refractivity (Wildman–Crippen MR) is 151 cm³/mol. The molecular formula is C30H32N2O6S. The van der Waals surface area contributed by atoms with Crippen LogP contribution in [0.3, 0.4) is 0 Å². The Morgan fingerprint density at radius 1 is 1.13 bits per heavy atom. The number of benzene rings is 2. The zero-order valence-electron chi connectivity index (χ0n) is 22.6. The number of ether oxygens (including phenoxy) is 4. The van der Waals surface area contributed by atoms with E-state index in [0.29, 0.717) is 56.4 Å². The molecule has 0 bridgehead atoms. The Hall–Kier alpha value is -4.11. The van der Waals surface area contributed by atoms with Crippen LogP contribution in [0, 0.1) is 0 Å². The average molecular weight is 549 g/mol. The number of nitrogens with zero attached hydrogens (tertiary/aromatic N) is 2. The molecule has 2 aromatic carbocycles. The molecule has 0 saturated heterocycles. The van der Waals surface area contributed by atoms with Gasteiger partial charge in [0.1, 0.15) is 29.9 Å². The molecular weight excluding hydrogens is 516 g/mol. The molecule has 0 unspecified atom stereocenters. The molecule has 1 aliphatic rings. The van der Waals surface area contributed by atoms with Gasteiger partial charge in [0.05, 0.1) is 36.6 Å². The monoisotopic (exact) mass is 548 g/mol. The highest BCUT2D eigenvalue weighted by molar-refractivity contribution is 7.07. The highest BCUT2D eigenvalue weighted by Crippen LogP contribution is 2.38. The molecule has 0 aliphatic carbocycles. The molecule has 39 heavy (non-hydrogen) atoms. The molecule has 3 aromatic rings. The van der Waals surface area contributed by atoms with Gasteiger partial charge < -0.3 is 18.9 Å². The fourth-order valence-electron chi connectivity index (χ4n) is 4.47. The first-order chi connectivity index (χ1) is 18.9. The largest absolute Gasteiger partial charge is 0.497 e. The van der Waals surface area contributed by atoms with Crippen molar-refractivity contribution in [1.82, 2.24) is 4.57 Å². The first-order valence-corrected chi connectivity index (χ1v) is 13.5. The number of aromatic nitrogens is 1. The number of carbonyl (C=O) groups excluding carboxylic acids is 1. The number of thiazole rings is 1. The van der Waals surface area contributed by atoms with Crippen molar-refractivity contribution in [3.05, 3.63) is 97.2 Å². The lowest BCUT2D eigenvalue weighted by Gasteiger charge is -2.27. The van der Waals surface area contributed by atoms with Gasteiger partial charge in [0, 0.05) is 5.56 Å². The topological polar surface area (TPSA) is 88.3 Å². The summed E-state index contributed by atoms with van der Waals surface area (Å²) < 4.78 is 24.3. The van der Waals surface area contributed by atoms with Crippen molar-refractivity contribution in [2.45, 2.75) is 32.7 Å². The summed E-state index contributed by atoms with van der Waals surface area (Å²) in [5, 5.41) is 0. The average Bonchev–Trinajstić information content (AvgIpc) is 3.25. The summed E-state index contributed by atoms with van der Waals surface area (Å²) in [4.78, 5) is 32.7. The van der Waals surface area contributed by atoms with Crippen molar-refractivity contribution in [3.8, 4) is 17.2 Å². The molecule has 0 fully saturated rings. The van der Waals surface area contributed by atoms with Crippen LogP contribution in [-0.4, -0.2) is 38.0 Å². The first kappa shape index (κ1) is 27.9. The zero-order valence-corrected chi connectivity index (χ0v) is 23.4. The SMILES string of the molecule is C=CCOc1cccc(/C=c2\sc3n(c2=O)[C@H](c2cc(OC)ccc2OC)C(C(=O)OCC)=C(CCC)N=3)c1. The molecule has 204 valence electrons. The fourth-order valence-corrected chi connectivity index (χ4v) is 5.49. The lowest BCUT2D eigenvalue weighted by molar-refractivity contribution is -0.139. The van der Waals surface area contributed by atoms with E-state index in [1.165, 1.54) is 11.3 Å². The molecule has 2 heterocycles. The van der Waals surface area contributed by atoms with Crippen molar-refractivity contribution >= 4 is 23.4 Å². The third-order valence-corrected chi connectivity index (χ3v) is 7.13. The van der Waals surface area contributed by atoms with E-state index in [0.717, 1.165) is 12.0 Å². The van der Waals surface area contributed by atoms with Gasteiger partial charge in [-0.15, -0.1) is 0 Å². The Morgan fingerprint density at radius 2 is 1.95 bits per heavy atom. The van der Waals surface area contributed by atoms with E-state index in [1.807, 2.05) is 31.2 Å². The predicted octanol–water partition coefficient (Wildman–Crippen LogP) is 4.16. The van der Waals surface area contributed by atoms with E-state index in [9.17, 15) is 9.59 Å². The molecule has 0 radical (unpaired) electrons. The Kier molecular flexibility index (Phi) is 9.03. The molecule has 0 amide bonds. The minimum absolute atomic E-state index is 0.193. The molecule has 8 nitrogen and oxygen atoms in total. The standard InChI is InChI=1S/C30H32N2O6S/c1-6-10-23-26(29(34)37-8-3)27(22-18-20(35-4)13-14-24(22)36-5)32-28(33)25(39-30(32)31-23)17-19-11-9-12-21(16-19)38-15-7-2/h7,9,11-14,16-18,27H,2,6,8,10,15H2,1,3-5H3/b25-17-/t27-/m1/s1. The molecule has 0 saturated carbocycles. The first-order valence-electron chi connectivity index (χ1n) is 12.7. The number of fused-ring (bicyclic) bond motifs is 1. The van der Waals surface area contributed by atoms with Gasteiger partial charge in [-0.25, -0.2) is 9.79 Å². The van der Waals surface area contributed by atoms with Crippen LogP contribution in [0.5, 0.6) is 17.2 Å². The summed E-state index contributed by atoms with van der Waals surface area (Å²) in [5.41, 5.74) is 2.05. The van der Waals surface area contributed by atoms with E-state index in [2.05, 4.69) is 6.58 Å². The normalized spacial score (nSPS) is 14.9. The summed E-state index contributed by atoms with van der Waals surface area (Å²) in [7, 11) is 3.12. The second-order valence-electron chi connectivity index (χ2n) is 8.69. The van der Waals surface area contributed by atoms with Crippen LogP contribution in [0.2, 0.25) is 0 Å². The van der Waals surface area contributed by atoms with E-state index in [4.69, 9.17) is 23.9 Å². The van der Waals surface area contributed by atoms with Gasteiger partial charge >= 0.3 is 5.97 Å². The van der Waals surface area contributed by atoms with Crippen LogP contribution in [0.4, 0.5) is 0 Å². The Bertz CT molecular complexity index is 1580. The van der Waals surface area contributed by atoms with E-state index < -0.39 is 12.0 Å². The quantitative estimate of drug-likeness (QED) is 0.264. The highest BCUT2D eigenvalue weighted by atomic mass is 32.1. The van der Waals surface area contributed by atoms with E-state index in [-0.39, 0.29) is 12.2 Å². The molecule has 0 N–H and O–H groups in total. The number of hydrogen-bond acceptors (Lipinski definition) is 8. The van der Waals surface area contributed by atoms with Crippen LogP contribution >= 0.6 is 11.3 Å². The second kappa shape index (κ2) is 12.6. The molecule has 0 spiro atoms. The number of hydrogen-bond donors (Lipinski definition) is 0. The highest BCUT2D eigenvalue weighted by Gasteiger charge is 2.36. The summed E-state index contributed by atoms with van der Waals surface area (Å²) in [5.74, 6) is 1.25. The maximum Gasteiger partial charge on any atom is 0.338 e. The van der Waals surface area contributed by atoms with Crippen molar-refractivity contribution in [2.75, 3.05) is 27.4 Å². The Balaban J connectivity index is 1.99. The van der Waals surface area contributed by atoms with Crippen LogP contribution in [0.15, 0.2) is 76.2 Å². The minimum Gasteiger partial charge on any atom is -0.497 e. The van der Waals surface area contributed by atoms with E-state index >= 15 is 0 Å². The van der Waals surface area contributed by atoms with Crippen molar-refractivity contribution in [1.29, 1.82) is 0 Å². The number of carbonyl (C=O) groups is 1. The minimum atomic E-state index is -0.809. The maximum atomic E-state index is 14.0. The summed E-state index contributed by atoms with van der Waals surface area (Å²) in [6.45, 7) is 8.02. The van der Waals surface area contributed by atoms with Gasteiger partial charge in [-0.3, -0.25) is 9.36 Å². The van der Waals surface area contributed by atoms with Gasteiger partial charge in [0.25, 0.3) is 5.56 Å². The lowest BCUT2D eigenvalue weighted by atomic mass is 9.93. The second-order valence-corrected chi connectivity index (χ2v) is 9.70. The van der Waals surface area contributed by atoms with Gasteiger partial charge in [-0.1, -0.05) is 49.5 Å². The van der Waals surface area contributed by atoms with Gasteiger partial charge in [0.2, 0.25) is 0 Å². The maximum absolute atomic E-state index is 14.0. The summed E-state index contributed by atoms with van der Waals surface area (Å²) >= 11 is 1.27. The molecule has 1 atom stereocenters. The third-order valence-electron chi connectivity index (χ3n) is 6.15. The number of rotatable bonds is 11. The van der Waals surface area contributed by atoms with Crippen molar-refractivity contribution in [3.63, 3.8) is 0 Å². The van der Waals surface area contributed by atoms with Crippen molar-refractivity contribution < 1.29 is 23.7 Å². The molecule has 9 heteroatoms. The lowest BCUT2D eigenvalue weighted by Crippen LogP contribution is -2.40. The molecule has 1 aromatic heterocycles. The Morgan fingerprint density at radius 3 is 2.64 bits per heavy atom. The zero-order chi connectivity index (χ0) is 27.9. The molecule has 1 aliphatic heterocycles. The van der Waals surface area contributed by atoms with Crippen molar-refractivity contribution in [2.24, 2.45) is 4.99 Å². The van der Waals surface area contributed by atoms with Crippen LogP contribution in [-0.2, 0) is 9.53 Å². The van der Waals surface area contributed by atoms with Gasteiger partial charge in [-0.2, -0.15) is 0 Å². The Labute approximate surface area is 231 Å². The van der Waals surface area contributed by atoms with Crippen LogP contribution < -0.4 is 29.1 Å².